The molecule has 2 aromatic heterocycles. The zero-order chi connectivity index (χ0) is 25.7. The summed E-state index contributed by atoms with van der Waals surface area (Å²) in [5.74, 6) is 0.403. The number of nitrogens with zero attached hydrogens (tertiary/aromatic N) is 2. The van der Waals surface area contributed by atoms with E-state index in [1.165, 1.54) is 11.8 Å². The average molecular weight is 524 g/mol. The van der Waals surface area contributed by atoms with Crippen LogP contribution >= 0.6 is 11.8 Å². The van der Waals surface area contributed by atoms with Crippen molar-refractivity contribution in [3.05, 3.63) is 65.5 Å². The summed E-state index contributed by atoms with van der Waals surface area (Å²) < 4.78 is 70.8. The summed E-state index contributed by atoms with van der Waals surface area (Å²) in [7, 11) is 1.55. The number of halogens is 4. The molecule has 0 atom stereocenters. The van der Waals surface area contributed by atoms with Crippen LogP contribution in [0.25, 0.3) is 11.0 Å². The number of imidazole rings is 1. The first-order valence-corrected chi connectivity index (χ1v) is 11.6. The third kappa shape index (κ3) is 6.11. The first-order valence-electron chi connectivity index (χ1n) is 10.6. The van der Waals surface area contributed by atoms with Gasteiger partial charge in [0.2, 0.25) is 0 Å². The van der Waals surface area contributed by atoms with E-state index in [4.69, 9.17) is 9.47 Å². The highest BCUT2D eigenvalue weighted by Gasteiger charge is 2.19. The second-order valence-electron chi connectivity index (χ2n) is 7.41. The number of nitrogens with one attached hydrogen (secondary N) is 1. The molecule has 0 spiro atoms. The van der Waals surface area contributed by atoms with Crippen molar-refractivity contribution >= 4 is 22.8 Å². The van der Waals surface area contributed by atoms with Crippen molar-refractivity contribution in [3.63, 3.8) is 0 Å². The number of rotatable bonds is 11. The molecule has 0 amide bonds. The van der Waals surface area contributed by atoms with Crippen molar-refractivity contribution in [2.75, 3.05) is 7.11 Å². The van der Waals surface area contributed by atoms with Crippen LogP contribution < -0.4 is 18.9 Å². The lowest BCUT2D eigenvalue weighted by Gasteiger charge is -2.15. The van der Waals surface area contributed by atoms with Gasteiger partial charge < -0.3 is 23.9 Å². The van der Waals surface area contributed by atoms with Gasteiger partial charge in [0.05, 0.1) is 30.0 Å². The highest BCUT2D eigenvalue weighted by molar-refractivity contribution is 7.98. The van der Waals surface area contributed by atoms with Crippen LogP contribution in [-0.4, -0.2) is 35.3 Å². The molecule has 0 aliphatic rings. The van der Waals surface area contributed by atoms with Crippen LogP contribution in [0.15, 0.2) is 53.8 Å². The lowest BCUT2D eigenvalue weighted by Crippen LogP contribution is -2.07. The van der Waals surface area contributed by atoms with E-state index in [0.717, 1.165) is 23.3 Å². The van der Waals surface area contributed by atoms with Crippen molar-refractivity contribution in [2.45, 2.75) is 37.7 Å². The summed E-state index contributed by atoms with van der Waals surface area (Å²) in [5, 5.41) is 0.423. The van der Waals surface area contributed by atoms with Crippen LogP contribution in [0, 0.1) is 6.92 Å². The van der Waals surface area contributed by atoms with Gasteiger partial charge in [-0.15, -0.1) is 0 Å². The van der Waals surface area contributed by atoms with Gasteiger partial charge in [-0.2, -0.15) is 17.6 Å². The summed E-state index contributed by atoms with van der Waals surface area (Å²) in [6.45, 7) is -4.20. The minimum atomic E-state index is -3.21. The summed E-state index contributed by atoms with van der Waals surface area (Å²) >= 11 is 1.28. The molecular formula is C24H21F4N3O4S. The van der Waals surface area contributed by atoms with Gasteiger partial charge in [-0.1, -0.05) is 42.1 Å². The monoisotopic (exact) mass is 523 g/mol. The predicted octanol–water partition coefficient (Wildman–Crippen LogP) is 6.35. The van der Waals surface area contributed by atoms with Gasteiger partial charge >= 0.3 is 13.2 Å². The second-order valence-corrected chi connectivity index (χ2v) is 8.37. The van der Waals surface area contributed by atoms with E-state index in [1.807, 2.05) is 37.3 Å². The molecule has 12 heteroatoms. The number of pyridine rings is 1. The Morgan fingerprint density at radius 1 is 0.972 bits per heavy atom. The largest absolute Gasteiger partial charge is 0.492 e. The molecule has 2 aromatic carbocycles. The van der Waals surface area contributed by atoms with Gasteiger partial charge in [0.15, 0.2) is 28.2 Å². The molecule has 0 saturated carbocycles. The fourth-order valence-electron chi connectivity index (χ4n) is 3.42. The number of ether oxygens (including phenoxy) is 4. The van der Waals surface area contributed by atoms with Crippen LogP contribution in [0.3, 0.4) is 0 Å². The first-order chi connectivity index (χ1) is 17.3. The Labute approximate surface area is 207 Å². The van der Waals surface area contributed by atoms with Gasteiger partial charge in [-0.05, 0) is 12.5 Å². The quantitative estimate of drug-likeness (QED) is 0.181. The van der Waals surface area contributed by atoms with E-state index in [-0.39, 0.29) is 5.52 Å². The van der Waals surface area contributed by atoms with Gasteiger partial charge in [0.25, 0.3) is 0 Å². The second kappa shape index (κ2) is 11.4. The molecule has 4 rings (SSSR count). The Bertz CT molecular complexity index is 1270. The molecule has 0 saturated heterocycles. The molecule has 0 fully saturated rings. The Morgan fingerprint density at radius 2 is 1.67 bits per heavy atom. The zero-order valence-corrected chi connectivity index (χ0v) is 20.0. The predicted molar refractivity (Wildman–Crippen MR) is 125 cm³/mol. The molecular weight excluding hydrogens is 502 g/mol. The normalized spacial score (nSPS) is 11.3. The molecule has 7 nitrogen and oxygen atoms in total. The highest BCUT2D eigenvalue weighted by atomic mass is 32.2. The Morgan fingerprint density at radius 3 is 2.33 bits per heavy atom. The SMILES string of the molecule is COc1c(OCc2ccccc2)cnc(CSc2nc3cc(OC(F)F)c(OC(F)F)cc3[nH]2)c1C. The number of fused-ring (bicyclic) bond motifs is 1. The average Bonchev–Trinajstić information content (AvgIpc) is 3.23. The highest BCUT2D eigenvalue weighted by Crippen LogP contribution is 2.37. The standard InChI is InChI=1S/C24H21F4N3O4S/c1-13-17(29-10-20(21(13)32-2)33-11-14-6-4-3-5-7-14)12-36-24-30-15-8-18(34-22(25)26)19(35-23(27)28)9-16(15)31-24/h3-10,22-23H,11-12H2,1-2H3,(H,30,31). The molecule has 0 aliphatic heterocycles. The van der Waals surface area contributed by atoms with Crippen LogP contribution in [0.5, 0.6) is 23.0 Å². The van der Waals surface area contributed by atoms with E-state index < -0.39 is 24.7 Å². The smallest absolute Gasteiger partial charge is 0.387 e. The van der Waals surface area contributed by atoms with Crippen LogP contribution in [0.2, 0.25) is 0 Å². The van der Waals surface area contributed by atoms with E-state index in [2.05, 4.69) is 24.4 Å². The summed E-state index contributed by atoms with van der Waals surface area (Å²) in [6, 6.07) is 11.9. The molecule has 0 radical (unpaired) electrons. The first kappa shape index (κ1) is 25.4. The number of alkyl halides is 4. The molecule has 190 valence electrons. The third-order valence-electron chi connectivity index (χ3n) is 5.08. The van der Waals surface area contributed by atoms with Gasteiger partial charge in [0.1, 0.15) is 6.61 Å². The Hall–Kier alpha value is -3.67. The van der Waals surface area contributed by atoms with Crippen LogP contribution in [-0.2, 0) is 12.4 Å². The molecule has 4 aromatic rings. The van der Waals surface area contributed by atoms with Crippen molar-refractivity contribution in [1.29, 1.82) is 0 Å². The topological polar surface area (TPSA) is 78.5 Å². The lowest BCUT2D eigenvalue weighted by atomic mass is 10.2. The van der Waals surface area contributed by atoms with E-state index in [9.17, 15) is 17.6 Å². The van der Waals surface area contributed by atoms with Crippen LogP contribution in [0.1, 0.15) is 16.8 Å². The molecule has 1 N–H and O–H groups in total. The van der Waals surface area contributed by atoms with E-state index >= 15 is 0 Å². The number of H-pyrrole nitrogens is 1. The maximum absolute atomic E-state index is 12.7. The number of hydrogen-bond donors (Lipinski definition) is 1. The Kier molecular flexibility index (Phi) is 8.04. The van der Waals surface area contributed by atoms with E-state index in [0.29, 0.717) is 40.2 Å². The molecule has 0 bridgehead atoms. The molecule has 0 unspecified atom stereocenters. The number of methoxy groups -OCH3 is 1. The maximum Gasteiger partial charge on any atom is 0.387 e. The molecule has 0 aliphatic carbocycles. The van der Waals surface area contributed by atoms with Gasteiger partial charge in [0, 0.05) is 23.4 Å². The summed E-state index contributed by atoms with van der Waals surface area (Å²) in [5.41, 5.74) is 3.08. The fraction of sp³-hybridized carbons (Fsp3) is 0.250. The lowest BCUT2D eigenvalue weighted by molar-refractivity contribution is -0.0690. The summed E-state index contributed by atoms with van der Waals surface area (Å²) in [4.78, 5) is 11.8. The van der Waals surface area contributed by atoms with Crippen molar-refractivity contribution < 1.29 is 36.5 Å². The van der Waals surface area contributed by atoms with E-state index in [1.54, 1.807) is 13.3 Å². The third-order valence-corrected chi connectivity index (χ3v) is 5.96. The van der Waals surface area contributed by atoms with Crippen molar-refractivity contribution in [3.8, 4) is 23.0 Å². The zero-order valence-electron chi connectivity index (χ0n) is 19.1. The minimum absolute atomic E-state index is 0.252. The number of hydrogen-bond acceptors (Lipinski definition) is 7. The Balaban J connectivity index is 1.50. The molecule has 36 heavy (non-hydrogen) atoms. The maximum atomic E-state index is 12.7. The minimum Gasteiger partial charge on any atom is -0.492 e. The van der Waals surface area contributed by atoms with Crippen molar-refractivity contribution in [1.82, 2.24) is 15.0 Å². The number of benzene rings is 2. The number of thioether (sulfide) groups is 1. The number of aromatic nitrogens is 3. The molecule has 2 heterocycles. The van der Waals surface area contributed by atoms with Crippen LogP contribution in [0.4, 0.5) is 17.6 Å². The van der Waals surface area contributed by atoms with Gasteiger partial charge in [-0.25, -0.2) is 4.98 Å². The summed E-state index contributed by atoms with van der Waals surface area (Å²) in [6.07, 6.45) is 1.59. The number of aromatic amines is 1. The fourth-order valence-corrected chi connectivity index (χ4v) is 4.33. The van der Waals surface area contributed by atoms with Gasteiger partial charge in [-0.3, -0.25) is 4.98 Å². The van der Waals surface area contributed by atoms with Crippen molar-refractivity contribution in [2.24, 2.45) is 0 Å².